The second-order valence-electron chi connectivity index (χ2n) is 5.76. The van der Waals surface area contributed by atoms with E-state index < -0.39 is 17.2 Å². The number of ketones is 1. The van der Waals surface area contributed by atoms with E-state index in [4.69, 9.17) is 0 Å². The van der Waals surface area contributed by atoms with Crippen molar-refractivity contribution in [2.45, 2.75) is 52.4 Å². The van der Waals surface area contributed by atoms with Gasteiger partial charge in [-0.2, -0.15) is 0 Å². The maximum atomic E-state index is 12.7. The van der Waals surface area contributed by atoms with E-state index in [-0.39, 0.29) is 35.2 Å². The largest absolute Gasteiger partial charge is 0.506 e. The Morgan fingerprint density at radius 2 is 1.92 bits per heavy atom. The summed E-state index contributed by atoms with van der Waals surface area (Å²) < 4.78 is 0.938. The zero-order chi connectivity index (χ0) is 17.7. The summed E-state index contributed by atoms with van der Waals surface area (Å²) in [4.78, 5) is 41.6. The topological polar surface area (TPSA) is 89.3 Å². The van der Waals surface area contributed by atoms with E-state index >= 15 is 0 Å². The number of Topliss-reactive ketones (excluding diaryl/α,β-unsaturated/α-hetero) is 1. The van der Waals surface area contributed by atoms with Crippen molar-refractivity contribution in [2.24, 2.45) is 0 Å². The van der Waals surface area contributed by atoms with Gasteiger partial charge in [0.05, 0.1) is 5.39 Å². The van der Waals surface area contributed by atoms with Crippen LogP contribution in [-0.4, -0.2) is 26.3 Å². The average Bonchev–Trinajstić information content (AvgIpc) is 2.55. The minimum Gasteiger partial charge on any atom is -0.506 e. The Labute approximate surface area is 140 Å². The molecule has 2 aromatic rings. The maximum Gasteiger partial charge on any atom is 0.273 e. The molecule has 0 aromatic carbocycles. The van der Waals surface area contributed by atoms with Crippen LogP contribution in [0.4, 0.5) is 0 Å². The smallest absolute Gasteiger partial charge is 0.273 e. The molecule has 0 aliphatic carbocycles. The molecule has 0 saturated heterocycles. The second-order valence-corrected chi connectivity index (χ2v) is 5.76. The molecule has 24 heavy (non-hydrogen) atoms. The van der Waals surface area contributed by atoms with Gasteiger partial charge in [0.2, 0.25) is 5.91 Å². The van der Waals surface area contributed by atoms with Crippen LogP contribution in [0.25, 0.3) is 11.0 Å². The fraction of sp³-hybridized carbons (Fsp3) is 0.444. The molecule has 6 heteroatoms. The summed E-state index contributed by atoms with van der Waals surface area (Å²) in [5, 5.41) is 10.6. The predicted molar refractivity (Wildman–Crippen MR) is 91.7 cm³/mol. The molecule has 0 spiro atoms. The molecule has 2 heterocycles. The van der Waals surface area contributed by atoms with E-state index in [1.54, 1.807) is 12.1 Å². The highest BCUT2D eigenvalue weighted by atomic mass is 16.3. The highest BCUT2D eigenvalue weighted by Crippen LogP contribution is 2.26. The summed E-state index contributed by atoms with van der Waals surface area (Å²) >= 11 is 0. The van der Waals surface area contributed by atoms with Gasteiger partial charge in [0.1, 0.15) is 11.3 Å². The summed E-state index contributed by atoms with van der Waals surface area (Å²) in [7, 11) is 0. The molecule has 0 atom stereocenters. The summed E-state index contributed by atoms with van der Waals surface area (Å²) in [5.41, 5.74) is -1.01. The van der Waals surface area contributed by atoms with Gasteiger partial charge in [-0.1, -0.05) is 26.7 Å². The van der Waals surface area contributed by atoms with Gasteiger partial charge in [0.15, 0.2) is 11.4 Å². The van der Waals surface area contributed by atoms with E-state index in [1.807, 2.05) is 13.8 Å². The third-order valence-electron chi connectivity index (χ3n) is 3.91. The minimum absolute atomic E-state index is 0.0922. The molecule has 6 nitrogen and oxygen atoms in total. The van der Waals surface area contributed by atoms with Crippen molar-refractivity contribution in [3.8, 4) is 5.75 Å². The van der Waals surface area contributed by atoms with Crippen molar-refractivity contribution in [3.05, 3.63) is 34.2 Å². The number of hydrogen-bond acceptors (Lipinski definition) is 5. The van der Waals surface area contributed by atoms with Crippen molar-refractivity contribution in [1.82, 2.24) is 9.55 Å². The molecule has 0 fully saturated rings. The van der Waals surface area contributed by atoms with Gasteiger partial charge >= 0.3 is 0 Å². The van der Waals surface area contributed by atoms with Crippen LogP contribution in [-0.2, 0) is 0 Å². The Morgan fingerprint density at radius 1 is 1.17 bits per heavy atom. The third kappa shape index (κ3) is 3.37. The first kappa shape index (κ1) is 17.8. The van der Waals surface area contributed by atoms with Gasteiger partial charge < -0.3 is 5.11 Å². The van der Waals surface area contributed by atoms with Crippen molar-refractivity contribution >= 4 is 22.7 Å². The number of aromatic nitrogens is 2. The van der Waals surface area contributed by atoms with E-state index in [0.717, 1.165) is 17.4 Å². The van der Waals surface area contributed by atoms with Crippen LogP contribution in [0.1, 0.15) is 67.5 Å². The molecule has 128 valence electrons. The normalized spacial score (nSPS) is 10.9. The van der Waals surface area contributed by atoms with Crippen LogP contribution in [0.3, 0.4) is 0 Å². The summed E-state index contributed by atoms with van der Waals surface area (Å²) in [6.45, 7) is 3.83. The molecule has 0 saturated carbocycles. The number of pyridine rings is 2. The van der Waals surface area contributed by atoms with Crippen molar-refractivity contribution in [2.75, 3.05) is 0 Å². The highest BCUT2D eigenvalue weighted by Gasteiger charge is 2.24. The van der Waals surface area contributed by atoms with Crippen LogP contribution in [0.5, 0.6) is 5.75 Å². The highest BCUT2D eigenvalue weighted by molar-refractivity contribution is 6.04. The van der Waals surface area contributed by atoms with E-state index in [2.05, 4.69) is 4.98 Å². The Hall–Kier alpha value is -2.50. The van der Waals surface area contributed by atoms with Gasteiger partial charge in [-0.3, -0.25) is 14.4 Å². The number of hydrogen-bond donors (Lipinski definition) is 1. The quantitative estimate of drug-likeness (QED) is 0.621. The molecule has 2 aromatic heterocycles. The van der Waals surface area contributed by atoms with Gasteiger partial charge in [0.25, 0.3) is 5.56 Å². The molecular weight excluding hydrogens is 308 g/mol. The molecule has 0 unspecified atom stereocenters. The van der Waals surface area contributed by atoms with Crippen LogP contribution in [0.15, 0.2) is 23.1 Å². The zero-order valence-electron chi connectivity index (χ0n) is 14.0. The molecular formula is C18H22N2O4. The van der Waals surface area contributed by atoms with Crippen LogP contribution in [0.2, 0.25) is 0 Å². The van der Waals surface area contributed by atoms with Gasteiger partial charge in [-0.25, -0.2) is 9.55 Å². The maximum absolute atomic E-state index is 12.7. The van der Waals surface area contributed by atoms with E-state index in [1.165, 1.54) is 6.20 Å². The van der Waals surface area contributed by atoms with Crippen molar-refractivity contribution in [3.63, 3.8) is 0 Å². The van der Waals surface area contributed by atoms with Gasteiger partial charge in [-0.05, 0) is 25.0 Å². The number of carbonyl (C=O) groups is 2. The first-order chi connectivity index (χ1) is 11.5. The predicted octanol–water partition coefficient (Wildman–Crippen LogP) is 3.31. The summed E-state index contributed by atoms with van der Waals surface area (Å²) in [6.07, 6.45) is 4.83. The first-order valence-electron chi connectivity index (χ1n) is 8.32. The Balaban J connectivity index is 2.66. The number of rotatable bonds is 7. The number of nitrogens with zero attached hydrogens (tertiary/aromatic N) is 2. The lowest BCUT2D eigenvalue weighted by Crippen LogP contribution is -2.32. The fourth-order valence-corrected chi connectivity index (χ4v) is 2.68. The van der Waals surface area contributed by atoms with Crippen molar-refractivity contribution in [1.29, 1.82) is 0 Å². The number of unbranched alkanes of at least 4 members (excludes halogenated alkanes) is 2. The van der Waals surface area contributed by atoms with Crippen LogP contribution in [0, 0.1) is 0 Å². The lowest BCUT2D eigenvalue weighted by molar-refractivity contribution is 0.0899. The summed E-state index contributed by atoms with van der Waals surface area (Å²) in [5.74, 6) is -1.25. The molecule has 1 N–H and O–H groups in total. The SMILES string of the molecule is CCCCCC(=O)n1c(=O)c(C(=O)CCC)c(O)c2cccnc21. The average molecular weight is 330 g/mol. The molecule has 0 radical (unpaired) electrons. The lowest BCUT2D eigenvalue weighted by Gasteiger charge is -2.12. The Bertz CT molecular complexity index is 824. The monoisotopic (exact) mass is 330 g/mol. The van der Waals surface area contributed by atoms with Crippen molar-refractivity contribution < 1.29 is 14.7 Å². The number of aromatic hydroxyl groups is 1. The van der Waals surface area contributed by atoms with Gasteiger partial charge in [0, 0.05) is 19.0 Å². The van der Waals surface area contributed by atoms with E-state index in [9.17, 15) is 19.5 Å². The number of fused-ring (bicyclic) bond motifs is 1. The summed E-state index contributed by atoms with van der Waals surface area (Å²) in [6, 6.07) is 3.14. The van der Waals surface area contributed by atoms with Gasteiger partial charge in [-0.15, -0.1) is 0 Å². The standard InChI is InChI=1S/C18H22N2O4/c1-3-5-6-10-14(22)20-17-12(9-7-11-19-17)16(23)15(18(20)24)13(21)8-4-2/h7,9,11,23H,3-6,8,10H2,1-2H3. The molecule has 0 aliphatic heterocycles. The number of carbonyl (C=O) groups excluding carboxylic acids is 2. The minimum atomic E-state index is -0.779. The first-order valence-corrected chi connectivity index (χ1v) is 8.32. The Morgan fingerprint density at radius 3 is 2.58 bits per heavy atom. The van der Waals surface area contributed by atoms with Crippen LogP contribution < -0.4 is 5.56 Å². The fourth-order valence-electron chi connectivity index (χ4n) is 2.68. The molecule has 0 bridgehead atoms. The molecule has 2 rings (SSSR count). The lowest BCUT2D eigenvalue weighted by atomic mass is 10.0. The third-order valence-corrected chi connectivity index (χ3v) is 3.91. The second kappa shape index (κ2) is 7.86. The Kier molecular flexibility index (Phi) is 5.84. The molecule has 0 aliphatic rings. The van der Waals surface area contributed by atoms with Crippen LogP contribution >= 0.6 is 0 Å². The zero-order valence-corrected chi connectivity index (χ0v) is 14.0. The van der Waals surface area contributed by atoms with E-state index in [0.29, 0.717) is 12.8 Å². The molecule has 0 amide bonds.